The van der Waals surface area contributed by atoms with Gasteiger partial charge in [-0.25, -0.2) is 9.78 Å². The quantitative estimate of drug-likeness (QED) is 0.605. The van der Waals surface area contributed by atoms with Crippen LogP contribution in [0, 0.1) is 0 Å². The fourth-order valence-corrected chi connectivity index (χ4v) is 1.97. The van der Waals surface area contributed by atoms with E-state index in [2.05, 4.69) is 9.72 Å². The molecule has 4 atom stereocenters. The molecule has 0 radical (unpaired) electrons. The van der Waals surface area contributed by atoms with Crippen LogP contribution in [0.3, 0.4) is 0 Å². The van der Waals surface area contributed by atoms with Crippen LogP contribution >= 0.6 is 0 Å². The lowest BCUT2D eigenvalue weighted by Crippen LogP contribution is -2.32. The number of pyridine rings is 1. The number of aromatic nitrogens is 1. The van der Waals surface area contributed by atoms with E-state index in [1.807, 2.05) is 0 Å². The number of carbonyl (C=O) groups excluding carboxylic acids is 1. The summed E-state index contributed by atoms with van der Waals surface area (Å²) in [4.78, 5) is 15.4. The van der Waals surface area contributed by atoms with Gasteiger partial charge in [0.1, 0.15) is 30.1 Å². The van der Waals surface area contributed by atoms with E-state index in [0.29, 0.717) is 5.69 Å². The monoisotopic (exact) mass is 269 g/mol. The van der Waals surface area contributed by atoms with E-state index in [0.717, 1.165) is 0 Å². The van der Waals surface area contributed by atoms with E-state index >= 15 is 0 Å². The van der Waals surface area contributed by atoms with E-state index < -0.39 is 37.0 Å². The van der Waals surface area contributed by atoms with Gasteiger partial charge in [-0.2, -0.15) is 0 Å². The second-order valence-corrected chi connectivity index (χ2v) is 4.20. The number of ether oxygens (including phenoxy) is 2. The molecule has 1 aromatic rings. The Labute approximate surface area is 109 Å². The Morgan fingerprint density at radius 3 is 2.74 bits per heavy atom. The van der Waals surface area contributed by atoms with Crippen LogP contribution < -0.4 is 0 Å². The summed E-state index contributed by atoms with van der Waals surface area (Å²) in [5.41, 5.74) is 0.378. The lowest BCUT2D eigenvalue weighted by molar-refractivity contribution is -0.0240. The van der Waals surface area contributed by atoms with Crippen LogP contribution in [0.1, 0.15) is 22.3 Å². The van der Waals surface area contributed by atoms with Gasteiger partial charge in [0.2, 0.25) is 0 Å². The Morgan fingerprint density at radius 1 is 1.42 bits per heavy atom. The van der Waals surface area contributed by atoms with Crippen molar-refractivity contribution in [2.45, 2.75) is 24.4 Å². The van der Waals surface area contributed by atoms with E-state index in [-0.39, 0.29) is 5.69 Å². The zero-order valence-corrected chi connectivity index (χ0v) is 10.3. The second kappa shape index (κ2) is 5.62. The first-order valence-corrected chi connectivity index (χ1v) is 5.76. The zero-order chi connectivity index (χ0) is 14.0. The van der Waals surface area contributed by atoms with Gasteiger partial charge >= 0.3 is 5.97 Å². The Morgan fingerprint density at radius 2 is 2.16 bits per heavy atom. The lowest BCUT2D eigenvalue weighted by atomic mass is 10.1. The average Bonchev–Trinajstić information content (AvgIpc) is 2.74. The summed E-state index contributed by atoms with van der Waals surface area (Å²) in [7, 11) is 1.24. The maximum atomic E-state index is 11.4. The Kier molecular flexibility index (Phi) is 4.11. The molecule has 0 spiro atoms. The van der Waals surface area contributed by atoms with Crippen molar-refractivity contribution in [2.24, 2.45) is 0 Å². The van der Waals surface area contributed by atoms with Crippen molar-refractivity contribution in [2.75, 3.05) is 13.7 Å². The van der Waals surface area contributed by atoms with Gasteiger partial charge in [0.15, 0.2) is 0 Å². The van der Waals surface area contributed by atoms with Crippen molar-refractivity contribution in [3.8, 4) is 0 Å². The van der Waals surface area contributed by atoms with Crippen molar-refractivity contribution in [1.82, 2.24) is 4.98 Å². The van der Waals surface area contributed by atoms with Gasteiger partial charge in [0.05, 0.1) is 19.4 Å². The summed E-state index contributed by atoms with van der Waals surface area (Å²) in [5, 5.41) is 28.5. The summed E-state index contributed by atoms with van der Waals surface area (Å²) in [6, 6.07) is 4.60. The molecule has 2 heterocycles. The average molecular weight is 269 g/mol. The Hall–Kier alpha value is -1.54. The standard InChI is InChI=1S/C12H15NO6/c1-18-12(17)7-4-2-3-6(13-7)11-10(16)9(15)8(5-14)19-11/h2-4,8-11,14-16H,5H2,1H3/t8-,9-,10-,11-/m1/s1. The normalized spacial score (nSPS) is 30.3. The van der Waals surface area contributed by atoms with Gasteiger partial charge < -0.3 is 24.8 Å². The minimum atomic E-state index is -1.21. The Bertz CT molecular complexity index is 465. The maximum Gasteiger partial charge on any atom is 0.356 e. The first-order valence-electron chi connectivity index (χ1n) is 5.76. The minimum Gasteiger partial charge on any atom is -0.464 e. The van der Waals surface area contributed by atoms with Gasteiger partial charge in [-0.3, -0.25) is 0 Å². The number of nitrogens with zero attached hydrogens (tertiary/aromatic N) is 1. The fraction of sp³-hybridized carbons (Fsp3) is 0.500. The van der Waals surface area contributed by atoms with Crippen molar-refractivity contribution >= 4 is 5.97 Å². The van der Waals surface area contributed by atoms with E-state index in [9.17, 15) is 15.0 Å². The molecule has 3 N–H and O–H groups in total. The number of carbonyl (C=O) groups is 1. The van der Waals surface area contributed by atoms with Gasteiger partial charge in [0, 0.05) is 0 Å². The predicted octanol–water partition coefficient (Wildman–Crippen LogP) is -0.978. The van der Waals surface area contributed by atoms with Crippen LogP contribution in [-0.2, 0) is 9.47 Å². The number of aliphatic hydroxyl groups is 3. The zero-order valence-electron chi connectivity index (χ0n) is 10.3. The molecule has 7 heteroatoms. The van der Waals surface area contributed by atoms with Gasteiger partial charge in [-0.1, -0.05) is 6.07 Å². The molecule has 19 heavy (non-hydrogen) atoms. The lowest BCUT2D eigenvalue weighted by Gasteiger charge is -2.14. The van der Waals surface area contributed by atoms with Crippen molar-refractivity contribution in [3.05, 3.63) is 29.6 Å². The van der Waals surface area contributed by atoms with E-state index in [4.69, 9.17) is 9.84 Å². The van der Waals surface area contributed by atoms with Crippen molar-refractivity contribution in [3.63, 3.8) is 0 Å². The molecule has 1 aliphatic heterocycles. The third kappa shape index (κ3) is 2.59. The molecule has 7 nitrogen and oxygen atoms in total. The number of esters is 1. The van der Waals surface area contributed by atoms with Crippen LogP contribution in [0.4, 0.5) is 0 Å². The maximum absolute atomic E-state index is 11.4. The van der Waals surface area contributed by atoms with Crippen LogP contribution in [0.15, 0.2) is 18.2 Å². The number of rotatable bonds is 3. The van der Waals surface area contributed by atoms with Crippen LogP contribution in [0.25, 0.3) is 0 Å². The third-order valence-corrected chi connectivity index (χ3v) is 3.00. The molecule has 1 fully saturated rings. The molecule has 0 aromatic carbocycles. The third-order valence-electron chi connectivity index (χ3n) is 3.00. The van der Waals surface area contributed by atoms with Gasteiger partial charge in [-0.05, 0) is 12.1 Å². The molecule has 1 saturated heterocycles. The topological polar surface area (TPSA) is 109 Å². The van der Waals surface area contributed by atoms with Gasteiger partial charge in [0.25, 0.3) is 0 Å². The molecular weight excluding hydrogens is 254 g/mol. The summed E-state index contributed by atoms with van der Waals surface area (Å²) in [6.07, 6.45) is -4.17. The minimum absolute atomic E-state index is 0.0812. The van der Waals surface area contributed by atoms with E-state index in [1.54, 1.807) is 12.1 Å². The van der Waals surface area contributed by atoms with Crippen molar-refractivity contribution < 1.29 is 29.6 Å². The number of hydrogen-bond acceptors (Lipinski definition) is 7. The fourth-order valence-electron chi connectivity index (χ4n) is 1.97. The number of hydrogen-bond donors (Lipinski definition) is 3. The first kappa shape index (κ1) is 13.9. The largest absolute Gasteiger partial charge is 0.464 e. The molecule has 1 aromatic heterocycles. The molecule has 0 saturated carbocycles. The number of aliphatic hydroxyl groups excluding tert-OH is 3. The van der Waals surface area contributed by atoms with E-state index in [1.165, 1.54) is 13.2 Å². The Balaban J connectivity index is 2.25. The molecule has 0 aliphatic carbocycles. The van der Waals surface area contributed by atoms with Gasteiger partial charge in [-0.15, -0.1) is 0 Å². The molecular formula is C12H15NO6. The highest BCUT2D eigenvalue weighted by atomic mass is 16.6. The van der Waals surface area contributed by atoms with Crippen LogP contribution in [-0.4, -0.2) is 58.3 Å². The van der Waals surface area contributed by atoms with Crippen molar-refractivity contribution in [1.29, 1.82) is 0 Å². The SMILES string of the molecule is COC(=O)c1cccc([C@H]2O[C@H](CO)[C@@H](O)[C@H]2O)n1. The second-order valence-electron chi connectivity index (χ2n) is 4.20. The highest BCUT2D eigenvalue weighted by molar-refractivity contribution is 5.87. The molecule has 2 rings (SSSR count). The highest BCUT2D eigenvalue weighted by Gasteiger charge is 2.43. The first-order chi connectivity index (χ1) is 9.08. The molecule has 104 valence electrons. The summed E-state index contributed by atoms with van der Waals surface area (Å²) in [5.74, 6) is -0.603. The summed E-state index contributed by atoms with van der Waals surface area (Å²) in [6.45, 7) is -0.411. The molecule has 0 bridgehead atoms. The number of methoxy groups -OCH3 is 1. The van der Waals surface area contributed by atoms with Crippen LogP contribution in [0.5, 0.6) is 0 Å². The molecule has 1 aliphatic rings. The summed E-state index contributed by atoms with van der Waals surface area (Å²) < 4.78 is 9.87. The summed E-state index contributed by atoms with van der Waals surface area (Å²) >= 11 is 0. The van der Waals surface area contributed by atoms with Crippen LogP contribution in [0.2, 0.25) is 0 Å². The molecule has 0 unspecified atom stereocenters. The predicted molar refractivity (Wildman–Crippen MR) is 62.3 cm³/mol. The molecule has 0 amide bonds. The smallest absolute Gasteiger partial charge is 0.356 e. The highest BCUT2D eigenvalue weighted by Crippen LogP contribution is 2.32.